The van der Waals surface area contributed by atoms with Crippen LogP contribution in [0.4, 0.5) is 0 Å². The van der Waals surface area contributed by atoms with Crippen molar-refractivity contribution in [3.05, 3.63) is 29.3 Å². The molecule has 0 heterocycles. The molecule has 0 saturated heterocycles. The molecule has 16 heavy (non-hydrogen) atoms. The molecule has 90 valence electrons. The van der Waals surface area contributed by atoms with Crippen molar-refractivity contribution in [2.75, 3.05) is 18.1 Å². The van der Waals surface area contributed by atoms with E-state index in [1.165, 1.54) is 11.1 Å². The zero-order valence-corrected chi connectivity index (χ0v) is 11.6. The van der Waals surface area contributed by atoms with Crippen LogP contribution in [0.25, 0.3) is 0 Å². The van der Waals surface area contributed by atoms with Crippen LogP contribution in [0.1, 0.15) is 24.0 Å². The molecule has 0 fully saturated rings. The van der Waals surface area contributed by atoms with E-state index in [1.807, 2.05) is 0 Å². The minimum atomic E-state index is 0.749. The van der Waals surface area contributed by atoms with Gasteiger partial charge >= 0.3 is 0 Å². The molecule has 0 spiro atoms. The highest BCUT2D eigenvalue weighted by molar-refractivity contribution is 7.80. The fraction of sp³-hybridized carbons (Fsp3) is 0.538. The third-order valence-electron chi connectivity index (χ3n) is 2.31. The summed E-state index contributed by atoms with van der Waals surface area (Å²) in [4.78, 5) is 0. The van der Waals surface area contributed by atoms with Gasteiger partial charge in [0.2, 0.25) is 0 Å². The van der Waals surface area contributed by atoms with Gasteiger partial charge in [-0.05, 0) is 61.0 Å². The van der Waals surface area contributed by atoms with Crippen molar-refractivity contribution >= 4 is 25.3 Å². The van der Waals surface area contributed by atoms with E-state index in [0.29, 0.717) is 0 Å². The van der Waals surface area contributed by atoms with Gasteiger partial charge in [-0.2, -0.15) is 25.3 Å². The van der Waals surface area contributed by atoms with Gasteiger partial charge in [-0.3, -0.25) is 0 Å². The van der Waals surface area contributed by atoms with Crippen molar-refractivity contribution in [1.29, 1.82) is 0 Å². The van der Waals surface area contributed by atoms with Gasteiger partial charge in [0.15, 0.2) is 0 Å². The summed E-state index contributed by atoms with van der Waals surface area (Å²) >= 11 is 8.40. The average molecular weight is 256 g/mol. The standard InChI is InChI=1S/C13H20OS2/c1-11-8-12(4-2-6-15)10-13(9-11)14-5-3-7-16/h8-10,15-16H,2-7H2,1H3. The lowest BCUT2D eigenvalue weighted by atomic mass is 10.1. The molecule has 1 nitrogen and oxygen atoms in total. The molecule has 0 N–H and O–H groups in total. The second-order valence-electron chi connectivity index (χ2n) is 3.91. The second-order valence-corrected chi connectivity index (χ2v) is 4.80. The Morgan fingerprint density at radius 2 is 1.81 bits per heavy atom. The van der Waals surface area contributed by atoms with E-state index < -0.39 is 0 Å². The van der Waals surface area contributed by atoms with Gasteiger partial charge in [0.05, 0.1) is 6.61 Å². The van der Waals surface area contributed by atoms with Crippen molar-refractivity contribution in [2.24, 2.45) is 0 Å². The fourth-order valence-corrected chi connectivity index (χ4v) is 1.88. The normalized spacial score (nSPS) is 10.4. The van der Waals surface area contributed by atoms with Crippen LogP contribution in [0.15, 0.2) is 18.2 Å². The number of thiol groups is 2. The Kier molecular flexibility index (Phi) is 6.81. The molecular weight excluding hydrogens is 236 g/mol. The van der Waals surface area contributed by atoms with Crippen molar-refractivity contribution in [3.8, 4) is 5.75 Å². The van der Waals surface area contributed by atoms with E-state index >= 15 is 0 Å². The number of ether oxygens (including phenoxy) is 1. The summed E-state index contributed by atoms with van der Waals surface area (Å²) in [6.45, 7) is 2.86. The quantitative estimate of drug-likeness (QED) is 0.560. The second kappa shape index (κ2) is 7.91. The molecule has 0 radical (unpaired) electrons. The lowest BCUT2D eigenvalue weighted by Crippen LogP contribution is -1.99. The van der Waals surface area contributed by atoms with Crippen LogP contribution in [0.5, 0.6) is 5.75 Å². The molecule has 0 amide bonds. The molecular formula is C13H20OS2. The molecule has 3 heteroatoms. The van der Waals surface area contributed by atoms with E-state index in [0.717, 1.165) is 43.1 Å². The van der Waals surface area contributed by atoms with Crippen molar-refractivity contribution in [3.63, 3.8) is 0 Å². The average Bonchev–Trinajstić information content (AvgIpc) is 2.26. The van der Waals surface area contributed by atoms with Crippen molar-refractivity contribution in [1.82, 2.24) is 0 Å². The Hall–Kier alpha value is -0.280. The van der Waals surface area contributed by atoms with Gasteiger partial charge in [-0.15, -0.1) is 0 Å². The number of hydrogen-bond donors (Lipinski definition) is 2. The lowest BCUT2D eigenvalue weighted by molar-refractivity contribution is 0.318. The molecule has 1 aromatic rings. The topological polar surface area (TPSA) is 9.23 Å². The van der Waals surface area contributed by atoms with Gasteiger partial charge in [0, 0.05) is 0 Å². The van der Waals surface area contributed by atoms with Crippen LogP contribution in [-0.2, 0) is 6.42 Å². The van der Waals surface area contributed by atoms with E-state index in [1.54, 1.807) is 0 Å². The Balaban J connectivity index is 2.58. The Bertz CT molecular complexity index is 313. The van der Waals surface area contributed by atoms with Gasteiger partial charge in [-0.25, -0.2) is 0 Å². The summed E-state index contributed by atoms with van der Waals surface area (Å²) < 4.78 is 5.68. The Morgan fingerprint density at radius 1 is 1.06 bits per heavy atom. The van der Waals surface area contributed by atoms with Crippen LogP contribution < -0.4 is 4.74 Å². The summed E-state index contributed by atoms with van der Waals surface area (Å²) in [6, 6.07) is 6.44. The van der Waals surface area contributed by atoms with Crippen LogP contribution in [0.2, 0.25) is 0 Å². The molecule has 0 aliphatic heterocycles. The highest BCUT2D eigenvalue weighted by Gasteiger charge is 1.99. The van der Waals surface area contributed by atoms with E-state index in [4.69, 9.17) is 4.74 Å². The first-order valence-corrected chi connectivity index (χ1v) is 6.98. The number of hydrogen-bond acceptors (Lipinski definition) is 3. The molecule has 0 bridgehead atoms. The highest BCUT2D eigenvalue weighted by Crippen LogP contribution is 2.18. The molecule has 1 rings (SSSR count). The maximum Gasteiger partial charge on any atom is 0.119 e. The number of benzene rings is 1. The first kappa shape index (κ1) is 13.8. The van der Waals surface area contributed by atoms with Crippen molar-refractivity contribution < 1.29 is 4.74 Å². The van der Waals surface area contributed by atoms with Crippen molar-refractivity contribution in [2.45, 2.75) is 26.2 Å². The third-order valence-corrected chi connectivity index (χ3v) is 2.94. The molecule has 0 atom stereocenters. The Labute approximate surface area is 109 Å². The third kappa shape index (κ3) is 5.17. The van der Waals surface area contributed by atoms with E-state index in [-0.39, 0.29) is 0 Å². The summed E-state index contributed by atoms with van der Waals surface area (Å²) in [6.07, 6.45) is 3.18. The van der Waals surface area contributed by atoms with Crippen LogP contribution in [-0.4, -0.2) is 18.1 Å². The lowest BCUT2D eigenvalue weighted by Gasteiger charge is -2.09. The molecule has 0 aliphatic rings. The largest absolute Gasteiger partial charge is 0.494 e. The van der Waals surface area contributed by atoms with Crippen LogP contribution in [0, 0.1) is 6.92 Å². The van der Waals surface area contributed by atoms with E-state index in [9.17, 15) is 0 Å². The summed E-state index contributed by atoms with van der Waals surface area (Å²) in [7, 11) is 0. The minimum absolute atomic E-state index is 0.749. The van der Waals surface area contributed by atoms with Crippen LogP contribution >= 0.6 is 25.3 Å². The molecule has 1 aromatic carbocycles. The first-order chi connectivity index (χ1) is 7.76. The predicted molar refractivity (Wildman–Crippen MR) is 77.3 cm³/mol. The summed E-state index contributed by atoms with van der Waals surface area (Å²) in [5, 5.41) is 0. The smallest absolute Gasteiger partial charge is 0.119 e. The monoisotopic (exact) mass is 256 g/mol. The highest BCUT2D eigenvalue weighted by atomic mass is 32.1. The molecule has 0 aromatic heterocycles. The zero-order chi connectivity index (χ0) is 11.8. The number of aryl methyl sites for hydroxylation is 2. The predicted octanol–water partition coefficient (Wildman–Crippen LogP) is 3.56. The van der Waals surface area contributed by atoms with Gasteiger partial charge < -0.3 is 4.74 Å². The van der Waals surface area contributed by atoms with Gasteiger partial charge in [0.25, 0.3) is 0 Å². The first-order valence-electron chi connectivity index (χ1n) is 5.71. The fourth-order valence-electron chi connectivity index (χ4n) is 1.59. The molecule has 0 saturated carbocycles. The number of rotatable bonds is 7. The SMILES string of the molecule is Cc1cc(CCCS)cc(OCCCS)c1. The maximum atomic E-state index is 5.68. The van der Waals surface area contributed by atoms with E-state index in [2.05, 4.69) is 50.4 Å². The zero-order valence-electron chi connectivity index (χ0n) is 9.78. The summed E-state index contributed by atoms with van der Waals surface area (Å²) in [5.74, 6) is 2.79. The van der Waals surface area contributed by atoms with Gasteiger partial charge in [-0.1, -0.05) is 6.07 Å². The maximum absolute atomic E-state index is 5.68. The minimum Gasteiger partial charge on any atom is -0.494 e. The van der Waals surface area contributed by atoms with Crippen LogP contribution in [0.3, 0.4) is 0 Å². The Morgan fingerprint density at radius 3 is 2.50 bits per heavy atom. The molecule has 0 unspecified atom stereocenters. The molecule has 0 aliphatic carbocycles. The summed E-state index contributed by atoms with van der Waals surface area (Å²) in [5.41, 5.74) is 2.60. The van der Waals surface area contributed by atoms with Gasteiger partial charge in [0.1, 0.15) is 5.75 Å².